The van der Waals surface area contributed by atoms with E-state index in [1.807, 2.05) is 6.92 Å². The lowest BCUT2D eigenvalue weighted by Gasteiger charge is -2.22. The first-order valence-electron chi connectivity index (χ1n) is 11.5. The fourth-order valence-corrected chi connectivity index (χ4v) is 4.25. The average molecular weight is 518 g/mol. The second-order valence-electron chi connectivity index (χ2n) is 8.87. The summed E-state index contributed by atoms with van der Waals surface area (Å²) in [7, 11) is 1.30. The number of carbonyl (C=O) groups excluding carboxylic acids is 1. The van der Waals surface area contributed by atoms with E-state index in [1.165, 1.54) is 25.3 Å². The fraction of sp³-hybridized carbons (Fsp3) is 0.333. The Balaban J connectivity index is 1.59. The number of alkyl halides is 3. The summed E-state index contributed by atoms with van der Waals surface area (Å²) in [5.74, 6) is -0.530. The van der Waals surface area contributed by atoms with Gasteiger partial charge in [-0.2, -0.15) is 0 Å². The van der Waals surface area contributed by atoms with Crippen LogP contribution in [0.5, 0.6) is 17.2 Å². The fourth-order valence-electron chi connectivity index (χ4n) is 4.25. The molecule has 196 valence electrons. The zero-order valence-corrected chi connectivity index (χ0v) is 20.4. The maximum atomic E-state index is 13.0. The van der Waals surface area contributed by atoms with E-state index in [1.54, 1.807) is 25.1 Å². The van der Waals surface area contributed by atoms with Gasteiger partial charge in [-0.25, -0.2) is 9.59 Å². The third-order valence-corrected chi connectivity index (χ3v) is 6.21. The van der Waals surface area contributed by atoms with E-state index in [4.69, 9.17) is 18.6 Å². The molecule has 0 aliphatic heterocycles. The van der Waals surface area contributed by atoms with Gasteiger partial charge >= 0.3 is 18.0 Å². The molecule has 1 aliphatic carbocycles. The Morgan fingerprint density at radius 3 is 2.41 bits per heavy atom. The van der Waals surface area contributed by atoms with Crippen molar-refractivity contribution in [3.8, 4) is 28.4 Å². The normalized spacial score (nSPS) is 19.5. The standard InChI is InChI=1S/C27H25F3O7/c1-14(2)25(31)35-22-10-9-21(15(22)3)34-18-6-5-16-11-20(26(32)36-23(16)13-18)19-8-7-17(33-4)12-24(19)37-27(28,29)30/h5-8,11-13,15,21-22H,1,9-10H2,2-4H3. The summed E-state index contributed by atoms with van der Waals surface area (Å²) in [5.41, 5.74) is -0.511. The molecule has 3 atom stereocenters. The lowest BCUT2D eigenvalue weighted by molar-refractivity contribution is -0.274. The predicted octanol–water partition coefficient (Wildman–Crippen LogP) is 6.03. The van der Waals surface area contributed by atoms with Crippen molar-refractivity contribution in [2.24, 2.45) is 5.92 Å². The molecule has 3 aromatic rings. The Bertz CT molecular complexity index is 1390. The Kier molecular flexibility index (Phi) is 7.20. The first-order chi connectivity index (χ1) is 17.4. The van der Waals surface area contributed by atoms with Crippen LogP contribution in [0, 0.1) is 5.92 Å². The largest absolute Gasteiger partial charge is 0.573 e. The van der Waals surface area contributed by atoms with Crippen LogP contribution in [-0.4, -0.2) is 31.6 Å². The molecule has 0 radical (unpaired) electrons. The highest BCUT2D eigenvalue weighted by atomic mass is 19.4. The van der Waals surface area contributed by atoms with Gasteiger partial charge in [0.05, 0.1) is 12.7 Å². The Morgan fingerprint density at radius 1 is 1.03 bits per heavy atom. The van der Waals surface area contributed by atoms with Crippen molar-refractivity contribution < 1.29 is 41.3 Å². The molecule has 3 unspecified atom stereocenters. The number of fused-ring (bicyclic) bond motifs is 1. The number of hydrogen-bond acceptors (Lipinski definition) is 7. The molecule has 0 bridgehead atoms. The van der Waals surface area contributed by atoms with Gasteiger partial charge in [0.2, 0.25) is 0 Å². The van der Waals surface area contributed by atoms with Crippen molar-refractivity contribution in [1.82, 2.24) is 0 Å². The summed E-state index contributed by atoms with van der Waals surface area (Å²) in [5, 5.41) is 0.475. The molecular weight excluding hydrogens is 493 g/mol. The van der Waals surface area contributed by atoms with Crippen LogP contribution >= 0.6 is 0 Å². The van der Waals surface area contributed by atoms with Crippen LogP contribution in [0.15, 0.2) is 63.8 Å². The highest BCUT2D eigenvalue weighted by Gasteiger charge is 2.37. The van der Waals surface area contributed by atoms with E-state index in [-0.39, 0.29) is 40.6 Å². The summed E-state index contributed by atoms with van der Waals surface area (Å²) >= 11 is 0. The van der Waals surface area contributed by atoms with E-state index < -0.39 is 23.7 Å². The van der Waals surface area contributed by atoms with Crippen molar-refractivity contribution in [3.63, 3.8) is 0 Å². The van der Waals surface area contributed by atoms with Crippen molar-refractivity contribution in [2.45, 2.75) is 45.3 Å². The molecule has 2 aromatic carbocycles. The summed E-state index contributed by atoms with van der Waals surface area (Å²) in [6, 6.07) is 10.1. The molecule has 10 heteroatoms. The molecule has 37 heavy (non-hydrogen) atoms. The van der Waals surface area contributed by atoms with Crippen LogP contribution in [-0.2, 0) is 9.53 Å². The predicted molar refractivity (Wildman–Crippen MR) is 129 cm³/mol. The zero-order valence-electron chi connectivity index (χ0n) is 20.4. The summed E-state index contributed by atoms with van der Waals surface area (Å²) in [6.07, 6.45) is -4.19. The number of methoxy groups -OCH3 is 1. The van der Waals surface area contributed by atoms with Crippen LogP contribution < -0.4 is 19.8 Å². The molecule has 0 saturated heterocycles. The number of halogens is 3. The van der Waals surface area contributed by atoms with Crippen molar-refractivity contribution in [1.29, 1.82) is 0 Å². The monoisotopic (exact) mass is 518 g/mol. The maximum absolute atomic E-state index is 13.0. The summed E-state index contributed by atoms with van der Waals surface area (Å²) < 4.78 is 65.1. The van der Waals surface area contributed by atoms with Gasteiger partial charge in [-0.05, 0) is 50.1 Å². The smallest absolute Gasteiger partial charge is 0.497 e. The molecule has 1 heterocycles. The van der Waals surface area contributed by atoms with E-state index in [0.29, 0.717) is 29.6 Å². The van der Waals surface area contributed by atoms with Gasteiger partial charge in [0, 0.05) is 34.6 Å². The summed E-state index contributed by atoms with van der Waals surface area (Å²) in [6.45, 7) is 7.11. The number of carbonyl (C=O) groups is 1. The molecule has 0 N–H and O–H groups in total. The molecular formula is C27H25F3O7. The average Bonchev–Trinajstić information content (AvgIpc) is 3.16. The van der Waals surface area contributed by atoms with Crippen LogP contribution in [0.2, 0.25) is 0 Å². The lowest BCUT2D eigenvalue weighted by Crippen LogP contribution is -2.28. The minimum absolute atomic E-state index is 0.0736. The Morgan fingerprint density at radius 2 is 1.73 bits per heavy atom. The first kappa shape index (κ1) is 26.1. The molecule has 1 fully saturated rings. The van der Waals surface area contributed by atoms with Crippen molar-refractivity contribution in [3.05, 3.63) is 65.0 Å². The van der Waals surface area contributed by atoms with Gasteiger partial charge in [0.1, 0.15) is 35.0 Å². The van der Waals surface area contributed by atoms with Gasteiger partial charge in [-0.1, -0.05) is 13.5 Å². The zero-order chi connectivity index (χ0) is 26.9. The third kappa shape index (κ3) is 5.90. The molecule has 1 aliphatic rings. The third-order valence-electron chi connectivity index (χ3n) is 6.21. The van der Waals surface area contributed by atoms with Crippen LogP contribution in [0.4, 0.5) is 13.2 Å². The second kappa shape index (κ2) is 10.2. The van der Waals surface area contributed by atoms with E-state index in [2.05, 4.69) is 11.3 Å². The topological polar surface area (TPSA) is 84.2 Å². The van der Waals surface area contributed by atoms with Gasteiger partial charge in [-0.3, -0.25) is 0 Å². The number of ether oxygens (including phenoxy) is 4. The Hall–Kier alpha value is -3.95. The maximum Gasteiger partial charge on any atom is 0.573 e. The van der Waals surface area contributed by atoms with Gasteiger partial charge in [0.15, 0.2) is 0 Å². The molecule has 0 spiro atoms. The number of hydrogen-bond donors (Lipinski definition) is 0. The number of benzene rings is 2. The molecule has 0 amide bonds. The lowest BCUT2D eigenvalue weighted by atomic mass is 10.0. The highest BCUT2D eigenvalue weighted by Crippen LogP contribution is 2.37. The van der Waals surface area contributed by atoms with E-state index in [0.717, 1.165) is 6.07 Å². The molecule has 1 aromatic heterocycles. The van der Waals surface area contributed by atoms with Crippen LogP contribution in [0.3, 0.4) is 0 Å². The molecule has 1 saturated carbocycles. The SMILES string of the molecule is C=C(C)C(=O)OC1CCC(Oc2ccc3cc(-c4ccc(OC)cc4OC(F)(F)F)c(=O)oc3c2)C1C. The Labute approximate surface area is 210 Å². The summed E-state index contributed by atoms with van der Waals surface area (Å²) in [4.78, 5) is 24.6. The van der Waals surface area contributed by atoms with E-state index in [9.17, 15) is 22.8 Å². The van der Waals surface area contributed by atoms with Crippen molar-refractivity contribution >= 4 is 16.9 Å². The quantitative estimate of drug-likeness (QED) is 0.214. The van der Waals surface area contributed by atoms with Crippen molar-refractivity contribution in [2.75, 3.05) is 7.11 Å². The minimum Gasteiger partial charge on any atom is -0.497 e. The molecule has 4 rings (SSSR count). The first-order valence-corrected chi connectivity index (χ1v) is 11.5. The highest BCUT2D eigenvalue weighted by molar-refractivity contribution is 5.87. The van der Waals surface area contributed by atoms with Crippen LogP contribution in [0.1, 0.15) is 26.7 Å². The second-order valence-corrected chi connectivity index (χ2v) is 8.87. The number of rotatable bonds is 7. The number of esters is 1. The van der Waals surface area contributed by atoms with Gasteiger partial charge in [0.25, 0.3) is 0 Å². The van der Waals surface area contributed by atoms with Gasteiger partial charge < -0.3 is 23.4 Å². The molecule has 7 nitrogen and oxygen atoms in total. The van der Waals surface area contributed by atoms with E-state index >= 15 is 0 Å². The van der Waals surface area contributed by atoms with Gasteiger partial charge in [-0.15, -0.1) is 13.2 Å². The minimum atomic E-state index is -4.97. The van der Waals surface area contributed by atoms with Crippen LogP contribution in [0.25, 0.3) is 22.1 Å².